The van der Waals surface area contributed by atoms with Crippen LogP contribution in [0.25, 0.3) is 0 Å². The highest BCUT2D eigenvalue weighted by atomic mass is 79.9. The molecule has 0 aliphatic rings. The lowest BCUT2D eigenvalue weighted by molar-refractivity contribution is 0.585. The monoisotopic (exact) mass is 280 g/mol. The number of rotatable bonds is 4. The van der Waals surface area contributed by atoms with Crippen LogP contribution in [0.4, 0.5) is 5.69 Å². The van der Waals surface area contributed by atoms with Crippen molar-refractivity contribution in [3.8, 4) is 6.07 Å². The molecule has 0 saturated carbocycles. The molecule has 0 aliphatic heterocycles. The first-order valence-corrected chi connectivity index (χ1v) is 6.24. The minimum absolute atomic E-state index is 0.684. The number of nitrogens with zero attached hydrogens (tertiary/aromatic N) is 2. The smallest absolute Gasteiger partial charge is 0.101 e. The standard InChI is InChI=1S/C13H17BrN2/c1-10(2)6-7-16(3)13-5-4-12(14)8-11(13)9-15/h4-5,8,10H,6-7H2,1-3H3. The number of nitriles is 1. The van der Waals surface area contributed by atoms with Gasteiger partial charge in [-0.3, -0.25) is 0 Å². The molecule has 1 aromatic carbocycles. The van der Waals surface area contributed by atoms with E-state index in [-0.39, 0.29) is 0 Å². The van der Waals surface area contributed by atoms with E-state index < -0.39 is 0 Å². The molecule has 0 saturated heterocycles. The molecular weight excluding hydrogens is 264 g/mol. The first kappa shape index (κ1) is 13.1. The lowest BCUT2D eigenvalue weighted by Crippen LogP contribution is -2.20. The van der Waals surface area contributed by atoms with Crippen LogP contribution in [0.2, 0.25) is 0 Å². The van der Waals surface area contributed by atoms with Crippen molar-refractivity contribution in [2.75, 3.05) is 18.5 Å². The number of anilines is 1. The summed E-state index contributed by atoms with van der Waals surface area (Å²) in [5, 5.41) is 9.07. The summed E-state index contributed by atoms with van der Waals surface area (Å²) in [6.45, 7) is 5.40. The summed E-state index contributed by atoms with van der Waals surface area (Å²) in [5.74, 6) is 0.684. The van der Waals surface area contributed by atoms with Crippen LogP contribution in [0.1, 0.15) is 25.8 Å². The summed E-state index contributed by atoms with van der Waals surface area (Å²) in [5.41, 5.74) is 1.73. The Morgan fingerprint density at radius 1 is 1.44 bits per heavy atom. The van der Waals surface area contributed by atoms with Crippen molar-refractivity contribution >= 4 is 21.6 Å². The molecular formula is C13H17BrN2. The van der Waals surface area contributed by atoms with Gasteiger partial charge in [-0.05, 0) is 30.5 Å². The second kappa shape index (κ2) is 5.91. The van der Waals surface area contributed by atoms with Crippen LogP contribution < -0.4 is 4.90 Å². The van der Waals surface area contributed by atoms with Gasteiger partial charge in [0, 0.05) is 18.1 Å². The van der Waals surface area contributed by atoms with E-state index in [0.29, 0.717) is 5.92 Å². The lowest BCUT2D eigenvalue weighted by atomic mass is 10.1. The Morgan fingerprint density at radius 3 is 2.69 bits per heavy atom. The average molecular weight is 281 g/mol. The van der Waals surface area contributed by atoms with Gasteiger partial charge < -0.3 is 4.90 Å². The molecule has 0 atom stereocenters. The van der Waals surface area contributed by atoms with Gasteiger partial charge in [0.2, 0.25) is 0 Å². The zero-order valence-electron chi connectivity index (χ0n) is 10.00. The summed E-state index contributed by atoms with van der Waals surface area (Å²) in [6.07, 6.45) is 1.14. The van der Waals surface area contributed by atoms with Gasteiger partial charge in [0.05, 0.1) is 11.3 Å². The second-order valence-electron chi connectivity index (χ2n) is 4.38. The second-order valence-corrected chi connectivity index (χ2v) is 5.29. The highest BCUT2D eigenvalue weighted by Gasteiger charge is 2.08. The predicted octanol–water partition coefficient (Wildman–Crippen LogP) is 3.80. The van der Waals surface area contributed by atoms with E-state index in [1.165, 1.54) is 0 Å². The molecule has 3 heteroatoms. The van der Waals surface area contributed by atoms with Crippen molar-refractivity contribution in [2.45, 2.75) is 20.3 Å². The van der Waals surface area contributed by atoms with Crippen LogP contribution in [0, 0.1) is 17.2 Å². The van der Waals surface area contributed by atoms with Gasteiger partial charge >= 0.3 is 0 Å². The van der Waals surface area contributed by atoms with Gasteiger partial charge in [-0.2, -0.15) is 5.26 Å². The van der Waals surface area contributed by atoms with Crippen LogP contribution in [0.3, 0.4) is 0 Å². The quantitative estimate of drug-likeness (QED) is 0.839. The molecule has 1 rings (SSSR count). The highest BCUT2D eigenvalue weighted by molar-refractivity contribution is 9.10. The molecule has 0 bridgehead atoms. The Kier molecular flexibility index (Phi) is 4.82. The summed E-state index contributed by atoms with van der Waals surface area (Å²) < 4.78 is 0.949. The van der Waals surface area contributed by atoms with E-state index >= 15 is 0 Å². The van der Waals surface area contributed by atoms with Gasteiger partial charge in [0.1, 0.15) is 6.07 Å². The Hall–Kier alpha value is -1.01. The SMILES string of the molecule is CC(C)CCN(C)c1ccc(Br)cc1C#N. The first-order valence-electron chi connectivity index (χ1n) is 5.45. The molecule has 0 unspecified atom stereocenters. The molecule has 0 radical (unpaired) electrons. The normalized spacial score (nSPS) is 10.2. The van der Waals surface area contributed by atoms with Crippen LogP contribution >= 0.6 is 15.9 Å². The van der Waals surface area contributed by atoms with Crippen molar-refractivity contribution in [3.05, 3.63) is 28.2 Å². The molecule has 16 heavy (non-hydrogen) atoms. The Balaban J connectivity index is 2.83. The minimum atomic E-state index is 0.684. The molecule has 0 heterocycles. The molecule has 0 N–H and O–H groups in total. The van der Waals surface area contributed by atoms with Crippen molar-refractivity contribution in [2.24, 2.45) is 5.92 Å². The summed E-state index contributed by atoms with van der Waals surface area (Å²) in [4.78, 5) is 2.14. The van der Waals surface area contributed by atoms with Gasteiger partial charge in [-0.15, -0.1) is 0 Å². The highest BCUT2D eigenvalue weighted by Crippen LogP contribution is 2.23. The van der Waals surface area contributed by atoms with Crippen molar-refractivity contribution in [1.82, 2.24) is 0 Å². The fraction of sp³-hybridized carbons (Fsp3) is 0.462. The molecule has 0 fully saturated rings. The predicted molar refractivity (Wildman–Crippen MR) is 71.6 cm³/mol. The summed E-state index contributed by atoms with van der Waals surface area (Å²) in [6, 6.07) is 8.06. The van der Waals surface area contributed by atoms with Gasteiger partial charge in [-0.1, -0.05) is 29.8 Å². The van der Waals surface area contributed by atoms with Crippen molar-refractivity contribution in [3.63, 3.8) is 0 Å². The zero-order valence-corrected chi connectivity index (χ0v) is 11.6. The maximum absolute atomic E-state index is 9.07. The lowest BCUT2D eigenvalue weighted by Gasteiger charge is -2.21. The Morgan fingerprint density at radius 2 is 2.12 bits per heavy atom. The maximum atomic E-state index is 9.07. The Labute approximate surface area is 106 Å². The topological polar surface area (TPSA) is 27.0 Å². The van der Waals surface area contributed by atoms with Crippen LogP contribution in [-0.4, -0.2) is 13.6 Å². The zero-order chi connectivity index (χ0) is 12.1. The van der Waals surface area contributed by atoms with Crippen LogP contribution in [-0.2, 0) is 0 Å². The molecule has 86 valence electrons. The molecule has 0 spiro atoms. The summed E-state index contributed by atoms with van der Waals surface area (Å²) in [7, 11) is 2.03. The largest absolute Gasteiger partial charge is 0.374 e. The molecule has 2 nitrogen and oxygen atoms in total. The number of benzene rings is 1. The minimum Gasteiger partial charge on any atom is -0.374 e. The van der Waals surface area contributed by atoms with Gasteiger partial charge in [-0.25, -0.2) is 0 Å². The van der Waals surface area contributed by atoms with Crippen LogP contribution in [0.15, 0.2) is 22.7 Å². The molecule has 0 aromatic heterocycles. The summed E-state index contributed by atoms with van der Waals surface area (Å²) >= 11 is 3.38. The number of halogens is 1. The Bertz CT molecular complexity index is 393. The average Bonchev–Trinajstić information content (AvgIpc) is 2.25. The third-order valence-corrected chi connectivity index (χ3v) is 3.03. The van der Waals surface area contributed by atoms with Crippen molar-refractivity contribution < 1.29 is 0 Å². The van der Waals surface area contributed by atoms with Crippen LogP contribution in [0.5, 0.6) is 0 Å². The van der Waals surface area contributed by atoms with Gasteiger partial charge in [0.15, 0.2) is 0 Å². The van der Waals surface area contributed by atoms with E-state index in [9.17, 15) is 0 Å². The third kappa shape index (κ3) is 3.53. The maximum Gasteiger partial charge on any atom is 0.101 e. The molecule has 0 aliphatic carbocycles. The van der Waals surface area contributed by atoms with E-state index in [1.807, 2.05) is 25.2 Å². The fourth-order valence-electron chi connectivity index (χ4n) is 1.50. The number of hydrogen-bond acceptors (Lipinski definition) is 2. The van der Waals surface area contributed by atoms with E-state index in [4.69, 9.17) is 5.26 Å². The first-order chi connectivity index (χ1) is 7.54. The number of hydrogen-bond donors (Lipinski definition) is 0. The third-order valence-electron chi connectivity index (χ3n) is 2.53. The molecule has 1 aromatic rings. The van der Waals surface area contributed by atoms with E-state index in [2.05, 4.69) is 40.7 Å². The van der Waals surface area contributed by atoms with E-state index in [1.54, 1.807) is 0 Å². The van der Waals surface area contributed by atoms with Gasteiger partial charge in [0.25, 0.3) is 0 Å². The fourth-order valence-corrected chi connectivity index (χ4v) is 1.86. The van der Waals surface area contributed by atoms with Crippen molar-refractivity contribution in [1.29, 1.82) is 5.26 Å². The van der Waals surface area contributed by atoms with E-state index in [0.717, 1.165) is 28.7 Å². The molecule has 0 amide bonds.